The second-order valence-corrected chi connectivity index (χ2v) is 13.2. The van der Waals surface area contributed by atoms with Crippen LogP contribution in [0, 0.1) is 32.2 Å². The van der Waals surface area contributed by atoms with Gasteiger partial charge in [-0.05, 0) is 96.7 Å². The maximum atomic E-state index is 13.9. The average molecular weight is 631 g/mol. The Kier molecular flexibility index (Phi) is 6.98. The second-order valence-electron chi connectivity index (χ2n) is 12.0. The summed E-state index contributed by atoms with van der Waals surface area (Å²) in [5.41, 5.74) is 0.830. The molecule has 0 N–H and O–H groups in total. The van der Waals surface area contributed by atoms with Gasteiger partial charge in [-0.2, -0.15) is 0 Å². The van der Waals surface area contributed by atoms with Crippen molar-refractivity contribution >= 4 is 46.1 Å². The highest BCUT2D eigenvalue weighted by molar-refractivity contribution is 14.1. The number of allylic oxidation sites excluding steroid dienone is 4. The smallest absolute Gasteiger partial charge is 0.339 e. The van der Waals surface area contributed by atoms with E-state index in [2.05, 4.69) is 49.4 Å². The highest BCUT2D eigenvalue weighted by Crippen LogP contribution is 2.67. The van der Waals surface area contributed by atoms with Gasteiger partial charge in [-0.25, -0.2) is 4.79 Å². The van der Waals surface area contributed by atoms with Crippen molar-refractivity contribution in [2.75, 3.05) is 6.61 Å². The number of ether oxygens (including phenoxy) is 2. The molecule has 0 radical (unpaired) electrons. The predicted octanol–water partition coefficient (Wildman–Crippen LogP) is 6.02. The van der Waals surface area contributed by atoms with Gasteiger partial charge in [-0.15, -0.1) is 0 Å². The number of fused-ring (bicyclic) bond motifs is 5. The third-order valence-corrected chi connectivity index (χ3v) is 10.6. The molecule has 0 bridgehead atoms. The lowest BCUT2D eigenvalue weighted by Crippen LogP contribution is -2.58. The zero-order chi connectivity index (χ0) is 27.5. The van der Waals surface area contributed by atoms with Gasteiger partial charge >= 0.3 is 11.9 Å². The molecule has 4 aliphatic rings. The van der Waals surface area contributed by atoms with Crippen LogP contribution in [0.2, 0.25) is 0 Å². The molecule has 0 amide bonds. The van der Waals surface area contributed by atoms with E-state index in [0.29, 0.717) is 24.8 Å². The Bertz CT molecular complexity index is 1280. The molecule has 4 aliphatic carbocycles. The van der Waals surface area contributed by atoms with Gasteiger partial charge in [-0.1, -0.05) is 44.1 Å². The lowest BCUT2D eigenvalue weighted by molar-refractivity contribution is -0.163. The van der Waals surface area contributed by atoms with Crippen LogP contribution < -0.4 is 0 Å². The fraction of sp³-hybridized carbons (Fsp3) is 0.548. The van der Waals surface area contributed by atoms with E-state index in [-0.39, 0.29) is 34.7 Å². The van der Waals surface area contributed by atoms with Gasteiger partial charge in [0.15, 0.2) is 18.0 Å². The number of rotatable bonds is 5. The minimum Gasteiger partial charge on any atom is -0.458 e. The third kappa shape index (κ3) is 4.20. The number of carbonyl (C=O) groups excluding carboxylic acids is 4. The van der Waals surface area contributed by atoms with E-state index in [9.17, 15) is 19.2 Å². The van der Waals surface area contributed by atoms with Gasteiger partial charge < -0.3 is 9.47 Å². The first-order chi connectivity index (χ1) is 17.9. The minimum absolute atomic E-state index is 0.131. The molecule has 1 aromatic rings. The van der Waals surface area contributed by atoms with Crippen molar-refractivity contribution in [1.82, 2.24) is 0 Å². The quantitative estimate of drug-likeness (QED) is 0.225. The molecule has 6 atom stereocenters. The van der Waals surface area contributed by atoms with Crippen molar-refractivity contribution in [2.45, 2.75) is 71.8 Å². The van der Waals surface area contributed by atoms with Gasteiger partial charge in [0, 0.05) is 27.7 Å². The molecule has 202 valence electrons. The molecule has 2 saturated carbocycles. The van der Waals surface area contributed by atoms with Crippen molar-refractivity contribution in [3.63, 3.8) is 0 Å². The summed E-state index contributed by atoms with van der Waals surface area (Å²) in [6, 6.07) is 7.14. The molecule has 0 saturated heterocycles. The molecule has 38 heavy (non-hydrogen) atoms. The van der Waals surface area contributed by atoms with E-state index < -0.39 is 29.6 Å². The van der Waals surface area contributed by atoms with Crippen LogP contribution in [0.5, 0.6) is 0 Å². The highest BCUT2D eigenvalue weighted by Gasteiger charge is 2.67. The van der Waals surface area contributed by atoms with Crippen molar-refractivity contribution in [2.24, 2.45) is 28.6 Å². The molecule has 0 aromatic heterocycles. The first-order valence-corrected chi connectivity index (χ1v) is 14.6. The molecule has 1 aromatic carbocycles. The predicted molar refractivity (Wildman–Crippen MR) is 150 cm³/mol. The van der Waals surface area contributed by atoms with Crippen LogP contribution in [-0.2, 0) is 23.9 Å². The van der Waals surface area contributed by atoms with Crippen LogP contribution in [0.3, 0.4) is 0 Å². The van der Waals surface area contributed by atoms with Crippen molar-refractivity contribution in [1.29, 1.82) is 0 Å². The molecule has 0 heterocycles. The van der Waals surface area contributed by atoms with E-state index in [1.54, 1.807) is 18.2 Å². The van der Waals surface area contributed by atoms with Gasteiger partial charge in [0.1, 0.15) is 0 Å². The standard InChI is InChI=1S/C31H35IO6/c1-18-14-23-24(29(3)11-8-22(34)16-26(18)29)9-12-30(4)25(23)10-13-31(30,27(35)17-37-19(2)33)38-28(36)20-6-5-7-21(32)15-20/h5-7,9,15-16,18,23,25H,8,10-14,17H2,1-4H3/t18-,23+,25-,29+,30-,31-/m0/s1. The summed E-state index contributed by atoms with van der Waals surface area (Å²) >= 11 is 2.15. The first-order valence-electron chi connectivity index (χ1n) is 13.5. The van der Waals surface area contributed by atoms with Crippen LogP contribution in [0.1, 0.15) is 76.6 Å². The summed E-state index contributed by atoms with van der Waals surface area (Å²) < 4.78 is 12.3. The Morgan fingerprint density at radius 3 is 2.61 bits per heavy atom. The highest BCUT2D eigenvalue weighted by atomic mass is 127. The fourth-order valence-electron chi connectivity index (χ4n) is 8.07. The monoisotopic (exact) mass is 630 g/mol. The molecule has 2 fully saturated rings. The fourth-order valence-corrected chi connectivity index (χ4v) is 8.61. The second kappa shape index (κ2) is 9.72. The Balaban J connectivity index is 1.56. The number of halogens is 1. The Labute approximate surface area is 237 Å². The number of esters is 2. The Morgan fingerprint density at radius 1 is 1.13 bits per heavy atom. The molecule has 0 spiro atoms. The number of carbonyl (C=O) groups is 4. The van der Waals surface area contributed by atoms with Crippen molar-refractivity contribution < 1.29 is 28.7 Å². The first kappa shape index (κ1) is 27.3. The number of benzene rings is 1. The van der Waals surface area contributed by atoms with Crippen LogP contribution >= 0.6 is 22.6 Å². The van der Waals surface area contributed by atoms with Gasteiger partial charge in [-0.3, -0.25) is 14.4 Å². The minimum atomic E-state index is -1.39. The normalized spacial score (nSPS) is 35.7. The zero-order valence-electron chi connectivity index (χ0n) is 22.5. The Hall–Kier alpha value is -2.29. The van der Waals surface area contributed by atoms with Gasteiger partial charge in [0.05, 0.1) is 5.56 Å². The summed E-state index contributed by atoms with van der Waals surface area (Å²) in [5, 5.41) is 0. The maximum absolute atomic E-state index is 13.9. The zero-order valence-corrected chi connectivity index (χ0v) is 24.6. The van der Waals surface area contributed by atoms with E-state index in [0.717, 1.165) is 22.8 Å². The summed E-state index contributed by atoms with van der Waals surface area (Å²) in [4.78, 5) is 51.3. The van der Waals surface area contributed by atoms with Crippen molar-refractivity contribution in [3.8, 4) is 0 Å². The average Bonchev–Trinajstić information content (AvgIpc) is 3.16. The lowest BCUT2D eigenvalue weighted by atomic mass is 9.48. The molecule has 6 nitrogen and oxygen atoms in total. The molecule has 0 aliphatic heterocycles. The molecular weight excluding hydrogens is 595 g/mol. The topological polar surface area (TPSA) is 86.7 Å². The number of Topliss-reactive ketones (excluding diaryl/α,β-unsaturated/α-hetero) is 1. The summed E-state index contributed by atoms with van der Waals surface area (Å²) in [5.74, 6) is -0.589. The van der Waals surface area contributed by atoms with Crippen LogP contribution in [-0.4, -0.2) is 35.7 Å². The third-order valence-electron chi connectivity index (χ3n) is 9.96. The van der Waals surface area contributed by atoms with E-state index in [4.69, 9.17) is 9.47 Å². The van der Waals surface area contributed by atoms with Gasteiger partial charge in [0.2, 0.25) is 5.78 Å². The Morgan fingerprint density at radius 2 is 1.89 bits per heavy atom. The number of ketones is 2. The van der Waals surface area contributed by atoms with Crippen LogP contribution in [0.25, 0.3) is 0 Å². The lowest BCUT2D eigenvalue weighted by Gasteiger charge is -2.56. The van der Waals surface area contributed by atoms with Crippen LogP contribution in [0.15, 0.2) is 47.6 Å². The number of hydrogen-bond acceptors (Lipinski definition) is 6. The maximum Gasteiger partial charge on any atom is 0.339 e. The largest absolute Gasteiger partial charge is 0.458 e. The van der Waals surface area contributed by atoms with Crippen LogP contribution in [0.4, 0.5) is 0 Å². The SMILES string of the molecule is CC(=O)OCC(=O)[C@@]1(OC(=O)c2cccc(I)c2)CC[C@H]2[C@@H]3C[C@H](C)C4=CC(=O)CC[C@]4(C)C3=CC[C@@]21C. The number of hydrogen-bond donors (Lipinski definition) is 0. The van der Waals surface area contributed by atoms with Gasteiger partial charge in [0.25, 0.3) is 0 Å². The molecular formula is C31H35IO6. The molecule has 5 rings (SSSR count). The molecule has 7 heteroatoms. The van der Waals surface area contributed by atoms with E-state index >= 15 is 0 Å². The van der Waals surface area contributed by atoms with E-state index in [1.807, 2.05) is 12.1 Å². The summed E-state index contributed by atoms with van der Waals surface area (Å²) in [6.45, 7) is 7.41. The summed E-state index contributed by atoms with van der Waals surface area (Å²) in [6.07, 6.45) is 8.14. The summed E-state index contributed by atoms with van der Waals surface area (Å²) in [7, 11) is 0. The van der Waals surface area contributed by atoms with E-state index in [1.165, 1.54) is 18.1 Å². The van der Waals surface area contributed by atoms with Crippen molar-refractivity contribution in [3.05, 3.63) is 56.7 Å². The molecule has 0 unspecified atom stereocenters.